The average Bonchev–Trinajstić information content (AvgIpc) is 2.92. The molecule has 140 valence electrons. The third-order valence-electron chi connectivity index (χ3n) is 5.40. The molecular formula is C20H32ClFN2Sn. The number of hydrogen-bond donors (Lipinski definition) is 0. The van der Waals surface area contributed by atoms with E-state index in [1.54, 1.807) is 0 Å². The minimum absolute atomic E-state index is 0.184. The van der Waals surface area contributed by atoms with E-state index < -0.39 is 18.4 Å². The molecule has 0 fully saturated rings. The summed E-state index contributed by atoms with van der Waals surface area (Å²) in [6, 6.07) is 3.33. The van der Waals surface area contributed by atoms with Crippen LogP contribution in [0, 0.1) is 5.82 Å². The Balaban J connectivity index is 2.64. The Morgan fingerprint density at radius 3 is 2.00 bits per heavy atom. The normalized spacial score (nSPS) is 12.2. The Morgan fingerprint density at radius 1 is 1.00 bits per heavy atom. The predicted molar refractivity (Wildman–Crippen MR) is 110 cm³/mol. The van der Waals surface area contributed by atoms with Gasteiger partial charge in [-0.2, -0.15) is 0 Å². The fourth-order valence-electron chi connectivity index (χ4n) is 3.95. The van der Waals surface area contributed by atoms with Gasteiger partial charge < -0.3 is 0 Å². The molecule has 0 aliphatic carbocycles. The Hall–Kier alpha value is -0.291. The van der Waals surface area contributed by atoms with Crippen molar-refractivity contribution < 1.29 is 4.39 Å². The molecule has 1 aromatic heterocycles. The monoisotopic (exact) mass is 474 g/mol. The fourth-order valence-corrected chi connectivity index (χ4v) is 20.4. The maximum absolute atomic E-state index is 14.9. The van der Waals surface area contributed by atoms with Crippen molar-refractivity contribution in [2.24, 2.45) is 7.05 Å². The third-order valence-corrected chi connectivity index (χ3v) is 20.7. The maximum atomic E-state index is 14.9. The van der Waals surface area contributed by atoms with E-state index in [1.165, 1.54) is 57.9 Å². The molecule has 0 unspecified atom stereocenters. The van der Waals surface area contributed by atoms with Gasteiger partial charge in [-0.3, -0.25) is 0 Å². The van der Waals surface area contributed by atoms with Crippen LogP contribution >= 0.6 is 11.6 Å². The van der Waals surface area contributed by atoms with Crippen molar-refractivity contribution in [3.63, 3.8) is 0 Å². The minimum atomic E-state index is -2.77. The first-order chi connectivity index (χ1) is 12.0. The summed E-state index contributed by atoms with van der Waals surface area (Å²) >= 11 is 3.34. The van der Waals surface area contributed by atoms with Gasteiger partial charge >= 0.3 is 161 Å². The van der Waals surface area contributed by atoms with E-state index in [1.807, 2.05) is 17.8 Å². The van der Waals surface area contributed by atoms with Crippen molar-refractivity contribution in [3.8, 4) is 0 Å². The van der Waals surface area contributed by atoms with Gasteiger partial charge in [0.2, 0.25) is 0 Å². The number of hydrogen-bond acceptors (Lipinski definition) is 1. The summed E-state index contributed by atoms with van der Waals surface area (Å²) in [5, 5.41) is 6.16. The summed E-state index contributed by atoms with van der Waals surface area (Å²) in [4.78, 5) is 0. The number of halogens is 2. The van der Waals surface area contributed by atoms with Gasteiger partial charge in [0.1, 0.15) is 0 Å². The van der Waals surface area contributed by atoms with Gasteiger partial charge in [-0.05, 0) is 0 Å². The zero-order chi connectivity index (χ0) is 18.4. The summed E-state index contributed by atoms with van der Waals surface area (Å²) in [6.45, 7) is 6.77. The van der Waals surface area contributed by atoms with E-state index in [4.69, 9.17) is 16.7 Å². The van der Waals surface area contributed by atoms with Crippen LogP contribution in [0.25, 0.3) is 10.9 Å². The molecule has 25 heavy (non-hydrogen) atoms. The van der Waals surface area contributed by atoms with Crippen LogP contribution in [0.3, 0.4) is 0 Å². The Morgan fingerprint density at radius 2 is 1.52 bits per heavy atom. The SMILES string of the molecule is CCC[CH2][Sn]([CH2]CCC)([CH2]CCC)[c]1nn(C)c2cc(Cl)cc(F)c12. The number of unbranched alkanes of at least 4 members (excludes halogenated alkanes) is 3. The van der Waals surface area contributed by atoms with Gasteiger partial charge in [-0.15, -0.1) is 0 Å². The van der Waals surface area contributed by atoms with Crippen LogP contribution in [0.5, 0.6) is 0 Å². The van der Waals surface area contributed by atoms with Gasteiger partial charge in [-0.25, -0.2) is 0 Å². The van der Waals surface area contributed by atoms with Crippen LogP contribution < -0.4 is 3.71 Å². The molecule has 0 atom stereocenters. The second-order valence-corrected chi connectivity index (χ2v) is 20.7. The van der Waals surface area contributed by atoms with Crippen molar-refractivity contribution in [1.82, 2.24) is 9.78 Å². The second-order valence-electron chi connectivity index (χ2n) is 7.34. The molecule has 0 saturated heterocycles. The summed E-state index contributed by atoms with van der Waals surface area (Å²) in [5.41, 5.74) is 0.852. The molecule has 0 N–H and O–H groups in total. The number of fused-ring (bicyclic) bond motifs is 1. The van der Waals surface area contributed by atoms with Crippen molar-refractivity contribution in [2.45, 2.75) is 72.6 Å². The Kier molecular flexibility index (Phi) is 8.06. The van der Waals surface area contributed by atoms with Gasteiger partial charge in [0.25, 0.3) is 0 Å². The number of nitrogens with zero attached hydrogens (tertiary/aromatic N) is 2. The Labute approximate surface area is 161 Å². The number of aromatic nitrogens is 2. The second kappa shape index (κ2) is 9.59. The van der Waals surface area contributed by atoms with E-state index in [0.29, 0.717) is 5.02 Å². The van der Waals surface area contributed by atoms with Crippen LogP contribution in [-0.4, -0.2) is 28.2 Å². The van der Waals surface area contributed by atoms with Crippen molar-refractivity contribution >= 4 is 44.6 Å². The van der Waals surface area contributed by atoms with E-state index in [-0.39, 0.29) is 5.82 Å². The van der Waals surface area contributed by atoms with Gasteiger partial charge in [0.05, 0.1) is 0 Å². The first kappa shape index (κ1) is 21.0. The molecule has 2 nitrogen and oxygen atoms in total. The molecule has 0 aliphatic rings. The number of benzene rings is 1. The summed E-state index contributed by atoms with van der Waals surface area (Å²) in [5.74, 6) is -0.184. The molecule has 0 radical (unpaired) electrons. The summed E-state index contributed by atoms with van der Waals surface area (Å²) in [6.07, 6.45) is 7.35. The van der Waals surface area contributed by atoms with Crippen LogP contribution in [0.4, 0.5) is 4.39 Å². The first-order valence-electron chi connectivity index (χ1n) is 9.81. The van der Waals surface area contributed by atoms with E-state index in [9.17, 15) is 4.39 Å². The fraction of sp³-hybridized carbons (Fsp3) is 0.650. The Bertz CT molecular complexity index is 677. The van der Waals surface area contributed by atoms with E-state index in [0.717, 1.165) is 14.6 Å². The van der Waals surface area contributed by atoms with Crippen LogP contribution in [0.15, 0.2) is 12.1 Å². The zero-order valence-electron chi connectivity index (χ0n) is 16.2. The van der Waals surface area contributed by atoms with Crippen LogP contribution in [0.1, 0.15) is 59.3 Å². The summed E-state index contributed by atoms with van der Waals surface area (Å²) < 4.78 is 21.8. The standard InChI is InChI=1S/C8H5ClFN2.3C4H9.Sn/c1-12-8-3-5(9)2-7(10)6(8)4-11-12;3*1-3-4-2;/h2-3H,1H3;3*1,3-4H2,2H3;. The van der Waals surface area contributed by atoms with Crippen LogP contribution in [0.2, 0.25) is 18.3 Å². The first-order valence-corrected chi connectivity index (χ1v) is 17.7. The third kappa shape index (κ3) is 4.71. The molecule has 1 heterocycles. The topological polar surface area (TPSA) is 17.8 Å². The number of aryl methyl sites for hydroxylation is 1. The van der Waals surface area contributed by atoms with Crippen molar-refractivity contribution in [2.75, 3.05) is 0 Å². The van der Waals surface area contributed by atoms with E-state index >= 15 is 0 Å². The van der Waals surface area contributed by atoms with Crippen molar-refractivity contribution in [1.29, 1.82) is 0 Å². The van der Waals surface area contributed by atoms with Gasteiger partial charge in [0.15, 0.2) is 0 Å². The molecule has 0 saturated carbocycles. The molecule has 0 aliphatic heterocycles. The molecule has 2 rings (SSSR count). The molecule has 0 bridgehead atoms. The zero-order valence-corrected chi connectivity index (χ0v) is 19.8. The quantitative estimate of drug-likeness (QED) is 0.364. The molecule has 5 heteroatoms. The molecule has 0 amide bonds. The average molecular weight is 474 g/mol. The van der Waals surface area contributed by atoms with E-state index in [2.05, 4.69) is 20.8 Å². The molecule has 2 aromatic rings. The molecule has 1 aromatic carbocycles. The summed E-state index contributed by atoms with van der Waals surface area (Å²) in [7, 11) is 1.93. The van der Waals surface area contributed by atoms with Gasteiger partial charge in [-0.1, -0.05) is 0 Å². The predicted octanol–water partition coefficient (Wildman–Crippen LogP) is 6.42. The van der Waals surface area contributed by atoms with Crippen LogP contribution in [-0.2, 0) is 7.05 Å². The van der Waals surface area contributed by atoms with Crippen molar-refractivity contribution in [3.05, 3.63) is 23.0 Å². The van der Waals surface area contributed by atoms with Gasteiger partial charge in [0, 0.05) is 0 Å². The number of rotatable bonds is 10. The molecule has 0 spiro atoms. The molecular weight excluding hydrogens is 441 g/mol.